The number of rotatable bonds is 6. The molecule has 178 valence electrons. The van der Waals surface area contributed by atoms with E-state index in [1.165, 1.54) is 4.90 Å². The van der Waals surface area contributed by atoms with Crippen molar-refractivity contribution in [1.29, 1.82) is 0 Å². The first kappa shape index (κ1) is 22.4. The van der Waals surface area contributed by atoms with Crippen molar-refractivity contribution in [2.24, 2.45) is 0 Å². The van der Waals surface area contributed by atoms with Crippen molar-refractivity contribution in [3.8, 4) is 17.0 Å². The van der Waals surface area contributed by atoms with Crippen molar-refractivity contribution < 1.29 is 19.4 Å². The molecule has 0 spiro atoms. The van der Waals surface area contributed by atoms with Crippen LogP contribution in [-0.4, -0.2) is 57.0 Å². The van der Waals surface area contributed by atoms with Crippen LogP contribution < -0.4 is 10.1 Å². The molecular weight excluding hydrogens is 446 g/mol. The van der Waals surface area contributed by atoms with Crippen molar-refractivity contribution in [3.05, 3.63) is 78.1 Å². The smallest absolute Gasteiger partial charge is 0.407 e. The molecule has 35 heavy (non-hydrogen) atoms. The highest BCUT2D eigenvalue weighted by Crippen LogP contribution is 2.32. The van der Waals surface area contributed by atoms with Crippen LogP contribution in [0, 0.1) is 0 Å². The van der Waals surface area contributed by atoms with Gasteiger partial charge >= 0.3 is 6.09 Å². The van der Waals surface area contributed by atoms with Gasteiger partial charge in [-0.3, -0.25) is 14.5 Å². The topological polar surface area (TPSA) is 110 Å². The van der Waals surface area contributed by atoms with Crippen LogP contribution in [0.2, 0.25) is 0 Å². The largest absolute Gasteiger partial charge is 0.497 e. The Morgan fingerprint density at radius 2 is 2.00 bits per heavy atom. The fraction of sp³-hybridized carbons (Fsp3) is 0.231. The van der Waals surface area contributed by atoms with Crippen molar-refractivity contribution in [2.45, 2.75) is 19.0 Å². The summed E-state index contributed by atoms with van der Waals surface area (Å²) < 4.78 is 7.14. The number of amides is 2. The van der Waals surface area contributed by atoms with Gasteiger partial charge in [-0.05, 0) is 42.3 Å². The number of hydrogen-bond donors (Lipinski definition) is 2. The molecule has 1 atom stereocenters. The molecule has 1 fully saturated rings. The Labute approximate surface area is 202 Å². The molecule has 0 radical (unpaired) electrons. The maximum atomic E-state index is 12.7. The number of nitrogens with one attached hydrogen (secondary N) is 1. The van der Waals surface area contributed by atoms with Crippen LogP contribution in [0.3, 0.4) is 0 Å². The highest BCUT2D eigenvalue weighted by atomic mass is 16.5. The summed E-state index contributed by atoms with van der Waals surface area (Å²) in [4.78, 5) is 29.7. The summed E-state index contributed by atoms with van der Waals surface area (Å²) in [7, 11) is 1.61. The summed E-state index contributed by atoms with van der Waals surface area (Å²) >= 11 is 0. The fourth-order valence-corrected chi connectivity index (χ4v) is 4.44. The number of carbonyl (C=O) groups excluding carboxylic acids is 1. The third kappa shape index (κ3) is 4.52. The first-order valence-electron chi connectivity index (χ1n) is 11.3. The molecule has 3 heterocycles. The standard InChI is InChI=1S/C26H25N5O4/c1-35-21-4-2-3-17(13-21)14-28-25(32)19-7-5-18(6-8-19)24-22-15-27-11-9-23(22)31(29-24)20-10-12-30(16-20)26(33)34/h2-9,11,13,15,20H,10,12,14,16H2,1H3,(H,28,32)(H,33,34)/t20-/m1/s1. The van der Waals surface area contributed by atoms with E-state index < -0.39 is 6.09 Å². The average molecular weight is 472 g/mol. The van der Waals surface area contributed by atoms with Crippen LogP contribution in [0.25, 0.3) is 22.2 Å². The van der Waals surface area contributed by atoms with Crippen molar-refractivity contribution >= 4 is 22.9 Å². The average Bonchev–Trinajstić information content (AvgIpc) is 3.53. The minimum Gasteiger partial charge on any atom is -0.497 e. The molecule has 1 aliphatic heterocycles. The highest BCUT2D eigenvalue weighted by Gasteiger charge is 2.29. The number of aromatic nitrogens is 3. The van der Waals surface area contributed by atoms with E-state index in [9.17, 15) is 14.7 Å². The minimum absolute atomic E-state index is 0.0357. The lowest BCUT2D eigenvalue weighted by Gasteiger charge is -2.13. The van der Waals surface area contributed by atoms with Gasteiger partial charge in [0, 0.05) is 48.5 Å². The Balaban J connectivity index is 1.35. The van der Waals surface area contributed by atoms with E-state index in [2.05, 4.69) is 10.3 Å². The Hall–Kier alpha value is -4.40. The molecule has 2 aromatic carbocycles. The third-order valence-corrected chi connectivity index (χ3v) is 6.30. The van der Waals surface area contributed by atoms with Crippen LogP contribution in [0.5, 0.6) is 5.75 Å². The molecule has 9 heteroatoms. The maximum absolute atomic E-state index is 12.7. The number of hydrogen-bond acceptors (Lipinski definition) is 5. The van der Waals surface area contributed by atoms with Crippen molar-refractivity contribution in [3.63, 3.8) is 0 Å². The summed E-state index contributed by atoms with van der Waals surface area (Å²) in [6, 6.07) is 16.7. The number of fused-ring (bicyclic) bond motifs is 1. The van der Waals surface area contributed by atoms with E-state index in [4.69, 9.17) is 9.84 Å². The van der Waals surface area contributed by atoms with Crippen LogP contribution in [0.15, 0.2) is 67.0 Å². The lowest BCUT2D eigenvalue weighted by Crippen LogP contribution is -2.27. The van der Waals surface area contributed by atoms with Gasteiger partial charge in [0.2, 0.25) is 0 Å². The maximum Gasteiger partial charge on any atom is 0.407 e. The molecule has 2 amide bonds. The zero-order valence-corrected chi connectivity index (χ0v) is 19.2. The fourth-order valence-electron chi connectivity index (χ4n) is 4.44. The summed E-state index contributed by atoms with van der Waals surface area (Å²) in [5, 5.41) is 18.0. The van der Waals surface area contributed by atoms with Gasteiger partial charge in [0.05, 0.1) is 18.7 Å². The SMILES string of the molecule is COc1cccc(CNC(=O)c2ccc(-c3nn([C@@H]4CCN(C(=O)O)C4)c4ccncc34)cc2)c1. The predicted molar refractivity (Wildman–Crippen MR) is 130 cm³/mol. The normalized spacial score (nSPS) is 15.3. The van der Waals surface area contributed by atoms with Gasteiger partial charge in [-0.2, -0.15) is 5.10 Å². The molecule has 1 aliphatic rings. The Kier molecular flexibility index (Phi) is 6.05. The molecule has 2 aromatic heterocycles. The molecule has 1 saturated heterocycles. The van der Waals surface area contributed by atoms with Gasteiger partial charge in [0.1, 0.15) is 11.4 Å². The number of carboxylic acid groups (broad SMARTS) is 1. The molecule has 0 aliphatic carbocycles. The first-order chi connectivity index (χ1) is 17.0. The van der Waals surface area contributed by atoms with Crippen LogP contribution >= 0.6 is 0 Å². The molecule has 2 N–H and O–H groups in total. The quantitative estimate of drug-likeness (QED) is 0.441. The lowest BCUT2D eigenvalue weighted by molar-refractivity contribution is 0.0950. The highest BCUT2D eigenvalue weighted by molar-refractivity contribution is 5.96. The van der Waals surface area contributed by atoms with Gasteiger partial charge in [-0.25, -0.2) is 4.79 Å². The Morgan fingerprint density at radius 3 is 2.74 bits per heavy atom. The number of nitrogens with zero attached hydrogens (tertiary/aromatic N) is 4. The molecular formula is C26H25N5O4. The molecule has 0 bridgehead atoms. The summed E-state index contributed by atoms with van der Waals surface area (Å²) in [5.41, 5.74) is 4.02. The van der Waals surface area contributed by atoms with Crippen molar-refractivity contribution in [1.82, 2.24) is 25.0 Å². The second-order valence-electron chi connectivity index (χ2n) is 8.47. The summed E-state index contributed by atoms with van der Waals surface area (Å²) in [6.45, 7) is 1.29. The molecule has 4 aromatic rings. The Bertz CT molecular complexity index is 1380. The Morgan fingerprint density at radius 1 is 1.17 bits per heavy atom. The molecule has 0 unspecified atom stereocenters. The number of pyridine rings is 1. The molecule has 9 nitrogen and oxygen atoms in total. The predicted octanol–water partition coefficient (Wildman–Crippen LogP) is 3.96. The number of benzene rings is 2. The van der Waals surface area contributed by atoms with Gasteiger partial charge in [0.25, 0.3) is 5.91 Å². The second kappa shape index (κ2) is 9.46. The summed E-state index contributed by atoms with van der Waals surface area (Å²) in [5.74, 6) is 0.576. The first-order valence-corrected chi connectivity index (χ1v) is 11.3. The molecule has 5 rings (SSSR count). The van der Waals surface area contributed by atoms with E-state index in [0.717, 1.165) is 33.5 Å². The monoisotopic (exact) mass is 471 g/mol. The van der Waals surface area contributed by atoms with Crippen LogP contribution in [-0.2, 0) is 6.54 Å². The van der Waals surface area contributed by atoms with Crippen molar-refractivity contribution in [2.75, 3.05) is 20.2 Å². The van der Waals surface area contributed by atoms with E-state index >= 15 is 0 Å². The molecule has 0 saturated carbocycles. The zero-order chi connectivity index (χ0) is 24.4. The number of likely N-dealkylation sites (tertiary alicyclic amines) is 1. The lowest BCUT2D eigenvalue weighted by atomic mass is 10.1. The minimum atomic E-state index is -0.911. The van der Waals surface area contributed by atoms with E-state index in [1.54, 1.807) is 31.6 Å². The zero-order valence-electron chi connectivity index (χ0n) is 19.2. The van der Waals surface area contributed by atoms with Gasteiger partial charge in [-0.15, -0.1) is 0 Å². The second-order valence-corrected chi connectivity index (χ2v) is 8.47. The van der Waals surface area contributed by atoms with Gasteiger partial charge in [0.15, 0.2) is 0 Å². The van der Waals surface area contributed by atoms with E-state index in [1.807, 2.05) is 47.1 Å². The van der Waals surface area contributed by atoms with E-state index in [-0.39, 0.29) is 11.9 Å². The number of ether oxygens (including phenoxy) is 1. The van der Waals surface area contributed by atoms with Gasteiger partial charge in [-0.1, -0.05) is 24.3 Å². The number of methoxy groups -OCH3 is 1. The number of carbonyl (C=O) groups is 2. The summed E-state index contributed by atoms with van der Waals surface area (Å²) in [6.07, 6.45) is 3.28. The third-order valence-electron chi connectivity index (χ3n) is 6.30. The van der Waals surface area contributed by atoms with Crippen LogP contribution in [0.4, 0.5) is 4.79 Å². The van der Waals surface area contributed by atoms with E-state index in [0.29, 0.717) is 31.6 Å². The van der Waals surface area contributed by atoms with Gasteiger partial charge < -0.3 is 20.1 Å². The van der Waals surface area contributed by atoms with Crippen LogP contribution in [0.1, 0.15) is 28.4 Å².